The minimum Gasteiger partial charge on any atom is -0.544 e. The molecular weight excluding hydrogens is 532 g/mol. The molecule has 2 atom stereocenters. The first-order valence-corrected chi connectivity index (χ1v) is 17.2. The van der Waals surface area contributed by atoms with Crippen LogP contribution in [0.25, 0.3) is 0 Å². The Morgan fingerprint density at radius 3 is 1.71 bits per heavy atom. The van der Waals surface area contributed by atoms with E-state index in [0.717, 1.165) is 41.2 Å². The Kier molecular flexibility index (Phi) is 12.0. The molecule has 0 fully saturated rings. The van der Waals surface area contributed by atoms with Crippen LogP contribution in [-0.2, 0) is 31.9 Å². The predicted octanol–water partition coefficient (Wildman–Crippen LogP) is 7.95. The molecule has 0 unspecified atom stereocenters. The lowest BCUT2D eigenvalue weighted by atomic mass is 10.0. The maximum atomic E-state index is 11.0. The van der Waals surface area contributed by atoms with E-state index in [4.69, 9.17) is 23.4 Å². The summed E-state index contributed by atoms with van der Waals surface area (Å²) in [6, 6.07) is 15.8. The smallest absolute Gasteiger partial charge is 0.250 e. The molecule has 4 rings (SSSR count). The van der Waals surface area contributed by atoms with Gasteiger partial charge in [-0.3, -0.25) is 4.79 Å². The van der Waals surface area contributed by atoms with Crippen LogP contribution in [0.2, 0.25) is 18.1 Å². The topological polar surface area (TPSA) is 63.2 Å². The Morgan fingerprint density at radius 2 is 1.29 bits per heavy atom. The van der Waals surface area contributed by atoms with Gasteiger partial charge in [0.2, 0.25) is 8.32 Å². The first kappa shape index (κ1) is 32.4. The molecule has 0 aliphatic heterocycles. The number of hydrogen-bond acceptors (Lipinski definition) is 6. The second-order valence-electron chi connectivity index (χ2n) is 11.8. The first-order chi connectivity index (χ1) is 19.5. The van der Waals surface area contributed by atoms with Gasteiger partial charge in [-0.15, -0.1) is 0 Å². The fourth-order valence-corrected chi connectivity index (χ4v) is 4.94. The highest BCUT2D eigenvalue weighted by Gasteiger charge is 2.39. The van der Waals surface area contributed by atoms with E-state index in [1.165, 1.54) is 0 Å². The Bertz CT molecular complexity index is 1190. The summed E-state index contributed by atoms with van der Waals surface area (Å²) in [5.41, 5.74) is 2.26. The van der Waals surface area contributed by atoms with Crippen molar-refractivity contribution in [2.45, 2.75) is 83.6 Å². The van der Waals surface area contributed by atoms with Gasteiger partial charge in [-0.05, 0) is 84.6 Å². The molecule has 222 valence electrons. The Morgan fingerprint density at radius 1 is 0.780 bits per heavy atom. The predicted molar refractivity (Wildman–Crippen MR) is 167 cm³/mol. The monoisotopic (exact) mass is 578 g/mol. The van der Waals surface area contributed by atoms with Crippen LogP contribution >= 0.6 is 0 Å². The molecule has 2 aromatic carbocycles. The van der Waals surface area contributed by atoms with Gasteiger partial charge in [-0.2, -0.15) is 0 Å². The van der Waals surface area contributed by atoms with Crippen molar-refractivity contribution in [2.75, 3.05) is 14.2 Å². The molecule has 6 nitrogen and oxygen atoms in total. The fourth-order valence-electron chi connectivity index (χ4n) is 3.90. The number of allylic oxidation sites excluding steroid dienone is 2. The average Bonchev–Trinajstić information content (AvgIpc) is 2.96. The van der Waals surface area contributed by atoms with Crippen molar-refractivity contribution in [3.8, 4) is 11.5 Å². The highest BCUT2D eigenvalue weighted by Crippen LogP contribution is 2.38. The molecule has 7 heteroatoms. The van der Waals surface area contributed by atoms with E-state index >= 15 is 0 Å². The lowest BCUT2D eigenvalue weighted by Crippen LogP contribution is -2.40. The van der Waals surface area contributed by atoms with Crippen molar-refractivity contribution in [3.63, 3.8) is 0 Å². The quantitative estimate of drug-likeness (QED) is 0.267. The fraction of sp³-hybridized carbons (Fsp3) is 0.441. The standard InChI is InChI=1S/C20H30O3Si.C14H16O3/c1-20(2,3)24(5,6)23-19-13-11-18(12-14-19)22-15-16-7-9-17(21-4)10-8-16;1-16-13-6-2-11(3-7-13)10-17-14-8-4-12(15)5-9-14/h7-11,13-14,18H,12,15H2,1-6H3;2-4,6-8,14H,5,9-10H2,1H3/t18-;14-/m11/s1. The molecule has 0 spiro atoms. The molecule has 41 heavy (non-hydrogen) atoms. The largest absolute Gasteiger partial charge is 0.544 e. The molecule has 0 radical (unpaired) electrons. The minimum atomic E-state index is -1.77. The zero-order valence-electron chi connectivity index (χ0n) is 25.6. The van der Waals surface area contributed by atoms with Crippen LogP contribution in [0.4, 0.5) is 0 Å². The maximum Gasteiger partial charge on any atom is 0.250 e. The van der Waals surface area contributed by atoms with Gasteiger partial charge in [0.05, 0.1) is 45.4 Å². The number of carbonyl (C=O) groups is 1. The molecule has 2 aromatic rings. The summed E-state index contributed by atoms with van der Waals surface area (Å²) in [6.07, 6.45) is 12.2. The zero-order valence-corrected chi connectivity index (χ0v) is 26.6. The Labute approximate surface area is 247 Å². The lowest BCUT2D eigenvalue weighted by molar-refractivity contribution is -0.115. The van der Waals surface area contributed by atoms with E-state index in [9.17, 15) is 4.79 Å². The summed E-state index contributed by atoms with van der Waals surface area (Å²) in [4.78, 5) is 11.0. The minimum absolute atomic E-state index is 0.0646. The lowest BCUT2D eigenvalue weighted by Gasteiger charge is -2.37. The van der Waals surface area contributed by atoms with E-state index in [1.54, 1.807) is 20.3 Å². The second kappa shape index (κ2) is 15.2. The van der Waals surface area contributed by atoms with Crippen molar-refractivity contribution in [2.24, 2.45) is 0 Å². The van der Waals surface area contributed by atoms with Crippen LogP contribution in [0.1, 0.15) is 51.2 Å². The number of hydrogen-bond donors (Lipinski definition) is 0. The molecular formula is C34H46O6Si. The van der Waals surface area contributed by atoms with Crippen LogP contribution in [0.5, 0.6) is 11.5 Å². The van der Waals surface area contributed by atoms with Gasteiger partial charge in [0.1, 0.15) is 11.5 Å². The van der Waals surface area contributed by atoms with Crippen LogP contribution in [-0.4, -0.2) is 40.5 Å². The number of ketones is 1. The molecule has 2 aliphatic carbocycles. The molecule has 0 aromatic heterocycles. The van der Waals surface area contributed by atoms with Crippen molar-refractivity contribution >= 4 is 14.1 Å². The van der Waals surface area contributed by atoms with Gasteiger partial charge < -0.3 is 23.4 Å². The van der Waals surface area contributed by atoms with Crippen molar-refractivity contribution in [1.29, 1.82) is 0 Å². The summed E-state index contributed by atoms with van der Waals surface area (Å²) in [7, 11) is 1.56. The SMILES string of the molecule is COc1ccc(CO[C@@H]2C=CC(=O)CC2)cc1.COc1ccc(CO[C@@H]2C=CC(O[Si](C)(C)C(C)(C)C)=CC2)cc1. The molecule has 0 saturated carbocycles. The molecule has 0 bridgehead atoms. The maximum absolute atomic E-state index is 11.0. The van der Waals surface area contributed by atoms with Gasteiger partial charge in [0, 0.05) is 6.42 Å². The third kappa shape index (κ3) is 10.7. The van der Waals surface area contributed by atoms with Crippen molar-refractivity contribution in [1.82, 2.24) is 0 Å². The number of methoxy groups -OCH3 is 2. The Hall–Kier alpha value is -3.13. The highest BCUT2D eigenvalue weighted by atomic mass is 28.4. The van der Waals surface area contributed by atoms with Gasteiger partial charge in [-0.25, -0.2) is 0 Å². The molecule has 0 N–H and O–H groups in total. The number of ether oxygens (including phenoxy) is 4. The van der Waals surface area contributed by atoms with Gasteiger partial charge in [0.25, 0.3) is 0 Å². The van der Waals surface area contributed by atoms with Gasteiger partial charge in [-0.1, -0.05) is 57.2 Å². The van der Waals surface area contributed by atoms with E-state index in [1.807, 2.05) is 54.6 Å². The summed E-state index contributed by atoms with van der Waals surface area (Å²) < 4.78 is 28.3. The van der Waals surface area contributed by atoms with Gasteiger partial charge in [0.15, 0.2) is 5.78 Å². The molecule has 0 amide bonds. The van der Waals surface area contributed by atoms with Crippen molar-refractivity contribution in [3.05, 3.63) is 95.8 Å². The summed E-state index contributed by atoms with van der Waals surface area (Å²) >= 11 is 0. The van der Waals surface area contributed by atoms with E-state index in [-0.39, 0.29) is 23.0 Å². The number of rotatable bonds is 10. The third-order valence-corrected chi connectivity index (χ3v) is 12.0. The normalized spacial score (nSPS) is 18.7. The molecule has 0 heterocycles. The van der Waals surface area contributed by atoms with Gasteiger partial charge >= 0.3 is 0 Å². The summed E-state index contributed by atoms with van der Waals surface area (Å²) in [6.45, 7) is 12.5. The summed E-state index contributed by atoms with van der Waals surface area (Å²) in [5, 5.41) is 0.212. The summed E-state index contributed by atoms with van der Waals surface area (Å²) in [5.74, 6) is 2.89. The third-order valence-electron chi connectivity index (χ3n) is 7.62. The van der Waals surface area contributed by atoms with Crippen LogP contribution < -0.4 is 9.47 Å². The van der Waals surface area contributed by atoms with E-state index in [0.29, 0.717) is 19.6 Å². The van der Waals surface area contributed by atoms with E-state index < -0.39 is 8.32 Å². The average molecular weight is 579 g/mol. The molecule has 2 aliphatic rings. The zero-order chi connectivity index (χ0) is 29.9. The van der Waals surface area contributed by atoms with Crippen LogP contribution in [0, 0.1) is 0 Å². The van der Waals surface area contributed by atoms with Crippen molar-refractivity contribution < 1.29 is 28.2 Å². The number of carbonyl (C=O) groups excluding carboxylic acids is 1. The first-order valence-electron chi connectivity index (χ1n) is 14.3. The number of benzene rings is 2. The van der Waals surface area contributed by atoms with E-state index in [2.05, 4.69) is 52.1 Å². The highest BCUT2D eigenvalue weighted by molar-refractivity contribution is 6.74. The van der Waals surface area contributed by atoms with Crippen LogP contribution in [0.3, 0.4) is 0 Å². The Balaban J connectivity index is 0.000000239. The van der Waals surface area contributed by atoms with Crippen LogP contribution in [0.15, 0.2) is 84.7 Å². The second-order valence-corrected chi connectivity index (χ2v) is 16.5. The molecule has 0 saturated heterocycles.